The number of nitrogens with zero attached hydrogens (tertiary/aromatic N) is 4. The Hall–Kier alpha value is -1.92. The number of carbonyl (C=O) groups excluding carboxylic acids is 2. The Bertz CT molecular complexity index is 646. The molecule has 0 saturated carbocycles. The standard InChI is InChI=1S/C20H30N4O2/c1-21(2)19(25)15-22-10-6-11-23(14-13-22)16-20(26)24-12-5-8-17-7-3-4-9-18(17)24/h3-4,7,9H,5-6,8,10-16H2,1-2H3. The van der Waals surface area contributed by atoms with Gasteiger partial charge in [0.1, 0.15) is 0 Å². The molecular formula is C20H30N4O2. The molecule has 2 aliphatic rings. The van der Waals surface area contributed by atoms with E-state index in [0.717, 1.165) is 57.7 Å². The van der Waals surface area contributed by atoms with Crippen LogP contribution in [0.5, 0.6) is 0 Å². The second-order valence-corrected chi connectivity index (χ2v) is 7.47. The fraction of sp³-hybridized carbons (Fsp3) is 0.600. The lowest BCUT2D eigenvalue weighted by Gasteiger charge is -2.31. The van der Waals surface area contributed by atoms with Gasteiger partial charge in [-0.1, -0.05) is 18.2 Å². The van der Waals surface area contributed by atoms with E-state index in [4.69, 9.17) is 0 Å². The fourth-order valence-electron chi connectivity index (χ4n) is 3.74. The first-order valence-electron chi connectivity index (χ1n) is 9.58. The molecule has 0 bridgehead atoms. The summed E-state index contributed by atoms with van der Waals surface area (Å²) >= 11 is 0. The van der Waals surface area contributed by atoms with Gasteiger partial charge >= 0.3 is 0 Å². The van der Waals surface area contributed by atoms with Crippen molar-refractivity contribution < 1.29 is 9.59 Å². The second kappa shape index (κ2) is 8.64. The van der Waals surface area contributed by atoms with Crippen LogP contribution in [-0.2, 0) is 16.0 Å². The maximum Gasteiger partial charge on any atom is 0.241 e. The highest BCUT2D eigenvalue weighted by atomic mass is 16.2. The highest BCUT2D eigenvalue weighted by molar-refractivity contribution is 5.95. The van der Waals surface area contributed by atoms with Crippen LogP contribution in [0.25, 0.3) is 0 Å². The molecule has 6 heteroatoms. The van der Waals surface area contributed by atoms with Gasteiger partial charge in [0, 0.05) is 39.4 Å². The molecule has 2 heterocycles. The van der Waals surface area contributed by atoms with E-state index < -0.39 is 0 Å². The maximum atomic E-state index is 12.9. The van der Waals surface area contributed by atoms with Crippen molar-refractivity contribution >= 4 is 17.5 Å². The van der Waals surface area contributed by atoms with Crippen LogP contribution in [0.3, 0.4) is 0 Å². The first kappa shape index (κ1) is 18.9. The molecule has 2 amide bonds. The Morgan fingerprint density at radius 2 is 1.62 bits per heavy atom. The largest absolute Gasteiger partial charge is 0.348 e. The number of rotatable bonds is 4. The fourth-order valence-corrected chi connectivity index (χ4v) is 3.74. The number of anilines is 1. The van der Waals surface area contributed by atoms with Crippen molar-refractivity contribution in [1.29, 1.82) is 0 Å². The van der Waals surface area contributed by atoms with Crippen LogP contribution in [0.2, 0.25) is 0 Å². The zero-order chi connectivity index (χ0) is 18.5. The Balaban J connectivity index is 1.55. The lowest BCUT2D eigenvalue weighted by Crippen LogP contribution is -2.44. The Morgan fingerprint density at radius 3 is 2.35 bits per heavy atom. The van der Waals surface area contributed by atoms with Crippen LogP contribution in [0, 0.1) is 0 Å². The van der Waals surface area contributed by atoms with Gasteiger partial charge in [-0.3, -0.25) is 19.4 Å². The number of carbonyl (C=O) groups is 2. The van der Waals surface area contributed by atoms with Crippen molar-refractivity contribution in [3.8, 4) is 0 Å². The van der Waals surface area contributed by atoms with Crippen LogP contribution in [0.1, 0.15) is 18.4 Å². The van der Waals surface area contributed by atoms with E-state index in [2.05, 4.69) is 21.9 Å². The third-order valence-corrected chi connectivity index (χ3v) is 5.31. The average molecular weight is 358 g/mol. The minimum atomic E-state index is 0.138. The molecule has 6 nitrogen and oxygen atoms in total. The topological polar surface area (TPSA) is 47.1 Å². The first-order valence-corrected chi connectivity index (χ1v) is 9.58. The van der Waals surface area contributed by atoms with E-state index in [1.807, 2.05) is 17.0 Å². The predicted molar refractivity (Wildman–Crippen MR) is 103 cm³/mol. The summed E-state index contributed by atoms with van der Waals surface area (Å²) < 4.78 is 0. The van der Waals surface area contributed by atoms with Gasteiger partial charge in [-0.25, -0.2) is 0 Å². The van der Waals surface area contributed by atoms with Crippen molar-refractivity contribution in [1.82, 2.24) is 14.7 Å². The lowest BCUT2D eigenvalue weighted by atomic mass is 10.0. The summed E-state index contributed by atoms with van der Waals surface area (Å²) in [6.07, 6.45) is 3.08. The summed E-state index contributed by atoms with van der Waals surface area (Å²) in [5.74, 6) is 0.328. The number of para-hydroxylation sites is 1. The Morgan fingerprint density at radius 1 is 0.923 bits per heavy atom. The number of likely N-dealkylation sites (N-methyl/N-ethyl adjacent to an activating group) is 1. The molecule has 0 aliphatic carbocycles. The molecule has 0 unspecified atom stereocenters. The monoisotopic (exact) mass is 358 g/mol. The zero-order valence-corrected chi connectivity index (χ0v) is 16.0. The van der Waals surface area contributed by atoms with Crippen LogP contribution in [-0.4, -0.2) is 86.4 Å². The van der Waals surface area contributed by atoms with Crippen LogP contribution in [0.15, 0.2) is 24.3 Å². The van der Waals surface area contributed by atoms with E-state index in [0.29, 0.717) is 13.1 Å². The number of hydrogen-bond acceptors (Lipinski definition) is 4. The summed E-state index contributed by atoms with van der Waals surface area (Å²) in [5, 5.41) is 0. The summed E-state index contributed by atoms with van der Waals surface area (Å²) in [7, 11) is 3.59. The molecule has 0 atom stereocenters. The van der Waals surface area contributed by atoms with Crippen molar-refractivity contribution in [2.75, 3.05) is 64.8 Å². The number of aryl methyl sites for hydroxylation is 1. The second-order valence-electron chi connectivity index (χ2n) is 7.47. The van der Waals surface area contributed by atoms with Crippen LogP contribution < -0.4 is 4.90 Å². The van der Waals surface area contributed by atoms with Gasteiger partial charge in [-0.2, -0.15) is 0 Å². The van der Waals surface area contributed by atoms with Gasteiger partial charge in [0.05, 0.1) is 13.1 Å². The zero-order valence-electron chi connectivity index (χ0n) is 16.0. The minimum Gasteiger partial charge on any atom is -0.348 e. The van der Waals surface area contributed by atoms with Crippen molar-refractivity contribution in [2.24, 2.45) is 0 Å². The molecular weight excluding hydrogens is 328 g/mol. The Labute approximate surface area is 156 Å². The smallest absolute Gasteiger partial charge is 0.241 e. The molecule has 0 aromatic heterocycles. The van der Waals surface area contributed by atoms with Crippen LogP contribution in [0.4, 0.5) is 5.69 Å². The Kier molecular flexibility index (Phi) is 6.27. The van der Waals surface area contributed by atoms with E-state index >= 15 is 0 Å². The summed E-state index contributed by atoms with van der Waals surface area (Å²) in [6.45, 7) is 5.24. The highest BCUT2D eigenvalue weighted by Gasteiger charge is 2.25. The molecule has 2 aliphatic heterocycles. The molecule has 26 heavy (non-hydrogen) atoms. The third kappa shape index (κ3) is 4.62. The molecule has 1 aromatic rings. The number of fused-ring (bicyclic) bond motifs is 1. The van der Waals surface area contributed by atoms with Crippen molar-refractivity contribution in [2.45, 2.75) is 19.3 Å². The first-order chi connectivity index (χ1) is 12.5. The van der Waals surface area contributed by atoms with E-state index in [9.17, 15) is 9.59 Å². The molecule has 0 spiro atoms. The van der Waals surface area contributed by atoms with Crippen molar-refractivity contribution in [3.63, 3.8) is 0 Å². The molecule has 0 N–H and O–H groups in total. The summed E-state index contributed by atoms with van der Waals surface area (Å²) in [4.78, 5) is 32.8. The van der Waals surface area contributed by atoms with E-state index in [1.165, 1.54) is 5.56 Å². The van der Waals surface area contributed by atoms with E-state index in [-0.39, 0.29) is 11.8 Å². The van der Waals surface area contributed by atoms with Gasteiger partial charge in [0.2, 0.25) is 11.8 Å². The maximum absolute atomic E-state index is 12.9. The van der Waals surface area contributed by atoms with Gasteiger partial charge in [0.25, 0.3) is 0 Å². The molecule has 1 saturated heterocycles. The van der Waals surface area contributed by atoms with Gasteiger partial charge in [-0.15, -0.1) is 0 Å². The molecule has 142 valence electrons. The lowest BCUT2D eigenvalue weighted by molar-refractivity contribution is -0.130. The van der Waals surface area contributed by atoms with Gasteiger partial charge in [-0.05, 0) is 44.0 Å². The number of benzene rings is 1. The van der Waals surface area contributed by atoms with Gasteiger partial charge in [0.15, 0.2) is 0 Å². The summed E-state index contributed by atoms with van der Waals surface area (Å²) in [6, 6.07) is 8.24. The average Bonchev–Trinajstić information content (AvgIpc) is 2.86. The van der Waals surface area contributed by atoms with E-state index in [1.54, 1.807) is 19.0 Å². The molecule has 3 rings (SSSR count). The van der Waals surface area contributed by atoms with Crippen molar-refractivity contribution in [3.05, 3.63) is 29.8 Å². The third-order valence-electron chi connectivity index (χ3n) is 5.31. The minimum absolute atomic E-state index is 0.138. The number of amides is 2. The quantitative estimate of drug-likeness (QED) is 0.808. The molecule has 1 fully saturated rings. The van der Waals surface area contributed by atoms with Gasteiger partial charge < -0.3 is 9.80 Å². The predicted octanol–water partition coefficient (Wildman–Crippen LogP) is 1.06. The summed E-state index contributed by atoms with van der Waals surface area (Å²) in [5.41, 5.74) is 2.35. The normalized spacial score (nSPS) is 18.9. The molecule has 0 radical (unpaired) electrons. The SMILES string of the molecule is CN(C)C(=O)CN1CCCN(CC(=O)N2CCCc3ccccc32)CC1. The number of hydrogen-bond donors (Lipinski definition) is 0. The highest BCUT2D eigenvalue weighted by Crippen LogP contribution is 2.26. The molecule has 1 aromatic carbocycles. The van der Waals surface area contributed by atoms with Crippen LogP contribution >= 0.6 is 0 Å².